The van der Waals surface area contributed by atoms with Gasteiger partial charge in [0.1, 0.15) is 17.6 Å². The van der Waals surface area contributed by atoms with Gasteiger partial charge in [0, 0.05) is 11.8 Å². The summed E-state index contributed by atoms with van der Waals surface area (Å²) in [5.41, 5.74) is 2.91. The molecule has 0 aliphatic carbocycles. The molecule has 0 spiro atoms. The Hall–Kier alpha value is -2.64. The topological polar surface area (TPSA) is 54.0 Å². The maximum absolute atomic E-state index is 12.0. The van der Waals surface area contributed by atoms with Crippen molar-refractivity contribution in [3.63, 3.8) is 0 Å². The molecule has 0 aromatic heterocycles. The van der Waals surface area contributed by atoms with Crippen molar-refractivity contribution >= 4 is 17.7 Å². The number of hydrogen-bond acceptors (Lipinski definition) is 6. The van der Waals surface area contributed by atoms with Crippen molar-refractivity contribution in [1.82, 2.24) is 0 Å². The third kappa shape index (κ3) is 6.93. The molecule has 1 aliphatic rings. The third-order valence-corrected chi connectivity index (χ3v) is 6.68. The SMILES string of the molecule is CC(=O)O[C@@H]1[C@H](OCc2ccccc2)[C@@H](COCc2ccccc2)O[C@H]1Sc1ccc(C)cc1. The fraction of sp³-hybridized carbons (Fsp3) is 0.321. The van der Waals surface area contributed by atoms with Crippen molar-refractivity contribution in [1.29, 1.82) is 0 Å². The standard InChI is InChI=1S/C28H30O5S/c1-20-13-15-24(16-14-20)34-28-27(32-21(2)29)26(31-18-23-11-7-4-8-12-23)25(33-28)19-30-17-22-9-5-3-6-10-22/h3-16,25-28H,17-19H2,1-2H3/t25-,26-,27-,28+/m1/s1. The van der Waals surface area contributed by atoms with Crippen molar-refractivity contribution in [2.75, 3.05) is 6.61 Å². The Kier molecular flexibility index (Phi) is 8.77. The van der Waals surface area contributed by atoms with Crippen LogP contribution in [0.2, 0.25) is 0 Å². The number of benzene rings is 3. The van der Waals surface area contributed by atoms with Crippen molar-refractivity contribution in [2.45, 2.75) is 55.7 Å². The van der Waals surface area contributed by atoms with Crippen LogP contribution in [0.15, 0.2) is 89.8 Å². The van der Waals surface area contributed by atoms with Gasteiger partial charge in [-0.25, -0.2) is 0 Å². The van der Waals surface area contributed by atoms with Crippen LogP contribution in [0, 0.1) is 6.92 Å². The second-order valence-electron chi connectivity index (χ2n) is 8.31. The summed E-state index contributed by atoms with van der Waals surface area (Å²) < 4.78 is 24.4. The van der Waals surface area contributed by atoms with E-state index >= 15 is 0 Å². The molecule has 4 rings (SSSR count). The molecule has 1 fully saturated rings. The molecule has 4 atom stereocenters. The minimum absolute atomic E-state index is 0.330. The van der Waals surface area contributed by atoms with E-state index < -0.39 is 17.6 Å². The van der Waals surface area contributed by atoms with E-state index in [1.54, 1.807) is 0 Å². The molecular formula is C28H30O5S. The maximum Gasteiger partial charge on any atom is 0.303 e. The van der Waals surface area contributed by atoms with Crippen LogP contribution in [0.3, 0.4) is 0 Å². The summed E-state index contributed by atoms with van der Waals surface area (Å²) >= 11 is 1.53. The highest BCUT2D eigenvalue weighted by Gasteiger charge is 2.48. The number of thioether (sulfide) groups is 1. The lowest BCUT2D eigenvalue weighted by Gasteiger charge is -2.24. The molecule has 5 nitrogen and oxygen atoms in total. The molecule has 1 saturated heterocycles. The average molecular weight is 479 g/mol. The van der Waals surface area contributed by atoms with Crippen molar-refractivity contribution in [2.24, 2.45) is 0 Å². The number of esters is 1. The largest absolute Gasteiger partial charge is 0.456 e. The summed E-state index contributed by atoms with van der Waals surface area (Å²) in [7, 11) is 0. The van der Waals surface area contributed by atoms with Crippen LogP contribution < -0.4 is 0 Å². The molecule has 3 aromatic carbocycles. The van der Waals surface area contributed by atoms with Crippen molar-refractivity contribution in [3.8, 4) is 0 Å². The summed E-state index contributed by atoms with van der Waals surface area (Å²) in [5.74, 6) is -0.359. The number of aryl methyl sites for hydroxylation is 1. The zero-order valence-electron chi connectivity index (χ0n) is 19.5. The lowest BCUT2D eigenvalue weighted by molar-refractivity contribution is -0.153. The highest BCUT2D eigenvalue weighted by molar-refractivity contribution is 7.99. The molecule has 6 heteroatoms. The summed E-state index contributed by atoms with van der Waals surface area (Å²) in [6, 6.07) is 28.2. The van der Waals surface area contributed by atoms with Gasteiger partial charge in [-0.3, -0.25) is 4.79 Å². The van der Waals surface area contributed by atoms with E-state index in [2.05, 4.69) is 19.1 Å². The molecule has 0 radical (unpaired) electrons. The van der Waals surface area contributed by atoms with Crippen LogP contribution in [0.1, 0.15) is 23.6 Å². The number of carbonyl (C=O) groups is 1. The Morgan fingerprint density at radius 3 is 2.09 bits per heavy atom. The van der Waals surface area contributed by atoms with Crippen LogP contribution in [-0.2, 0) is 37.0 Å². The van der Waals surface area contributed by atoms with Crippen LogP contribution in [0.4, 0.5) is 0 Å². The van der Waals surface area contributed by atoms with Crippen LogP contribution in [0.5, 0.6) is 0 Å². The summed E-state index contributed by atoms with van der Waals surface area (Å²) in [6.07, 6.45) is -1.39. The monoisotopic (exact) mass is 478 g/mol. The first-order chi connectivity index (χ1) is 16.6. The molecule has 34 heavy (non-hydrogen) atoms. The molecule has 178 valence electrons. The van der Waals surface area contributed by atoms with E-state index in [0.717, 1.165) is 16.0 Å². The van der Waals surface area contributed by atoms with E-state index in [1.807, 2.05) is 72.8 Å². The predicted octanol–water partition coefficient (Wildman–Crippen LogP) is 5.55. The highest BCUT2D eigenvalue weighted by Crippen LogP contribution is 2.38. The molecule has 1 heterocycles. The smallest absolute Gasteiger partial charge is 0.303 e. The van der Waals surface area contributed by atoms with E-state index in [0.29, 0.717) is 19.8 Å². The lowest BCUT2D eigenvalue weighted by Crippen LogP contribution is -2.39. The van der Waals surface area contributed by atoms with Crippen LogP contribution in [0.25, 0.3) is 0 Å². The Bertz CT molecular complexity index is 1030. The molecular weight excluding hydrogens is 448 g/mol. The van der Waals surface area contributed by atoms with Gasteiger partial charge in [0.25, 0.3) is 0 Å². The minimum atomic E-state index is -0.558. The maximum atomic E-state index is 12.0. The number of carbonyl (C=O) groups excluding carboxylic acids is 1. The van der Waals surface area contributed by atoms with E-state index in [4.69, 9.17) is 18.9 Å². The summed E-state index contributed by atoms with van der Waals surface area (Å²) in [4.78, 5) is 13.0. The van der Waals surface area contributed by atoms with Gasteiger partial charge in [-0.05, 0) is 30.2 Å². The average Bonchev–Trinajstić information content (AvgIpc) is 3.15. The zero-order valence-corrected chi connectivity index (χ0v) is 20.3. The van der Waals surface area contributed by atoms with Gasteiger partial charge in [0.15, 0.2) is 6.10 Å². The van der Waals surface area contributed by atoms with Gasteiger partial charge in [0.05, 0.1) is 19.8 Å². The summed E-state index contributed by atoms with van der Waals surface area (Å²) in [5, 5.41) is 0. The molecule has 3 aromatic rings. The molecule has 0 N–H and O–H groups in total. The van der Waals surface area contributed by atoms with Gasteiger partial charge in [0.2, 0.25) is 0 Å². The van der Waals surface area contributed by atoms with Gasteiger partial charge < -0.3 is 18.9 Å². The van der Waals surface area contributed by atoms with Gasteiger partial charge in [-0.15, -0.1) is 0 Å². The fourth-order valence-corrected chi connectivity index (χ4v) is 4.93. The first-order valence-corrected chi connectivity index (χ1v) is 12.3. The number of hydrogen-bond donors (Lipinski definition) is 0. The Morgan fingerprint density at radius 1 is 0.853 bits per heavy atom. The second kappa shape index (κ2) is 12.2. The molecule has 1 aliphatic heterocycles. The predicted molar refractivity (Wildman–Crippen MR) is 132 cm³/mol. The van der Waals surface area contributed by atoms with Crippen molar-refractivity contribution in [3.05, 3.63) is 102 Å². The zero-order chi connectivity index (χ0) is 23.8. The first kappa shape index (κ1) is 24.5. The Labute approximate surface area is 205 Å². The Balaban J connectivity index is 1.49. The fourth-order valence-electron chi connectivity index (χ4n) is 3.82. The van der Waals surface area contributed by atoms with Gasteiger partial charge >= 0.3 is 5.97 Å². The summed E-state index contributed by atoms with van der Waals surface area (Å²) in [6.45, 7) is 4.66. The normalized spacial score (nSPS) is 21.9. The van der Waals surface area contributed by atoms with Gasteiger partial charge in [-0.2, -0.15) is 0 Å². The second-order valence-corrected chi connectivity index (χ2v) is 9.48. The van der Waals surface area contributed by atoms with E-state index in [9.17, 15) is 4.79 Å². The lowest BCUT2D eigenvalue weighted by atomic mass is 10.1. The van der Waals surface area contributed by atoms with E-state index in [1.165, 1.54) is 24.2 Å². The van der Waals surface area contributed by atoms with E-state index in [-0.39, 0.29) is 12.1 Å². The molecule has 0 unspecified atom stereocenters. The molecule has 0 bridgehead atoms. The van der Waals surface area contributed by atoms with Crippen molar-refractivity contribution < 1.29 is 23.7 Å². The van der Waals surface area contributed by atoms with Gasteiger partial charge in [-0.1, -0.05) is 90.1 Å². The highest BCUT2D eigenvalue weighted by atomic mass is 32.2. The van der Waals surface area contributed by atoms with Crippen LogP contribution in [-0.4, -0.2) is 36.3 Å². The minimum Gasteiger partial charge on any atom is -0.456 e. The molecule has 0 saturated carbocycles. The number of rotatable bonds is 10. The third-order valence-electron chi connectivity index (χ3n) is 5.52. The van der Waals surface area contributed by atoms with Crippen LogP contribution >= 0.6 is 11.8 Å². The molecule has 0 amide bonds. The quantitative estimate of drug-likeness (QED) is 0.356. The first-order valence-electron chi connectivity index (χ1n) is 11.4. The number of ether oxygens (including phenoxy) is 4. The Morgan fingerprint density at radius 2 is 1.47 bits per heavy atom.